The molecule has 1 aromatic carbocycles. The summed E-state index contributed by atoms with van der Waals surface area (Å²) in [6, 6.07) is 15.1. The molecule has 8 nitrogen and oxygen atoms in total. The van der Waals surface area contributed by atoms with Gasteiger partial charge >= 0.3 is 5.97 Å². The number of rotatable bonds is 5. The molecule has 0 unspecified atom stereocenters. The highest BCUT2D eigenvalue weighted by Gasteiger charge is 2.28. The number of carbonyl (C=O) groups excluding carboxylic acids is 2. The summed E-state index contributed by atoms with van der Waals surface area (Å²) in [6.07, 6.45) is 4.03. The largest absolute Gasteiger partial charge is 0.452 e. The minimum atomic E-state index is -0.786. The Balaban J connectivity index is 1.45. The molecule has 30 heavy (non-hydrogen) atoms. The third kappa shape index (κ3) is 3.61. The number of esters is 1. The zero-order valence-electron chi connectivity index (χ0n) is 16.2. The fourth-order valence-corrected chi connectivity index (χ4v) is 3.28. The first-order chi connectivity index (χ1) is 14.6. The SMILES string of the molecule is Cc1oc(-n2cccc2)c(C#N)c1C(=O)OCC(=O)N1CCC(c2ccccc2)=N1. The second-order valence-corrected chi connectivity index (χ2v) is 6.67. The van der Waals surface area contributed by atoms with Gasteiger partial charge in [0.1, 0.15) is 23.0 Å². The molecule has 0 fully saturated rings. The highest BCUT2D eigenvalue weighted by atomic mass is 16.5. The van der Waals surface area contributed by atoms with Gasteiger partial charge in [0, 0.05) is 18.8 Å². The number of nitriles is 1. The number of amides is 1. The van der Waals surface area contributed by atoms with Crippen molar-refractivity contribution in [3.05, 3.63) is 77.3 Å². The Morgan fingerprint density at radius 3 is 2.63 bits per heavy atom. The monoisotopic (exact) mass is 402 g/mol. The maximum absolute atomic E-state index is 12.6. The molecule has 150 valence electrons. The number of benzene rings is 1. The van der Waals surface area contributed by atoms with E-state index in [0.29, 0.717) is 13.0 Å². The number of nitrogens with zero attached hydrogens (tertiary/aromatic N) is 4. The maximum Gasteiger partial charge on any atom is 0.343 e. The van der Waals surface area contributed by atoms with Crippen LogP contribution in [0.15, 0.2) is 64.4 Å². The summed E-state index contributed by atoms with van der Waals surface area (Å²) in [5, 5.41) is 15.2. The van der Waals surface area contributed by atoms with Crippen LogP contribution in [0.5, 0.6) is 0 Å². The van der Waals surface area contributed by atoms with E-state index in [1.54, 1.807) is 36.0 Å². The Labute approximate surface area is 172 Å². The van der Waals surface area contributed by atoms with Crippen LogP contribution in [0.4, 0.5) is 0 Å². The summed E-state index contributed by atoms with van der Waals surface area (Å²) in [6.45, 7) is 1.52. The van der Waals surface area contributed by atoms with Crippen LogP contribution in [-0.2, 0) is 9.53 Å². The summed E-state index contributed by atoms with van der Waals surface area (Å²) in [7, 11) is 0. The molecule has 0 N–H and O–H groups in total. The van der Waals surface area contributed by atoms with Gasteiger partial charge in [-0.05, 0) is 24.6 Å². The molecule has 3 aromatic rings. The number of carbonyl (C=O) groups is 2. The zero-order chi connectivity index (χ0) is 21.1. The van der Waals surface area contributed by atoms with Crippen LogP contribution in [0.25, 0.3) is 5.88 Å². The predicted molar refractivity (Wildman–Crippen MR) is 107 cm³/mol. The van der Waals surface area contributed by atoms with Crippen molar-refractivity contribution in [1.82, 2.24) is 9.58 Å². The summed E-state index contributed by atoms with van der Waals surface area (Å²) in [4.78, 5) is 25.0. The molecule has 1 aliphatic heterocycles. The molecule has 0 radical (unpaired) electrons. The average molecular weight is 402 g/mol. The topological polar surface area (TPSA) is 101 Å². The minimum absolute atomic E-state index is 0.0175. The highest BCUT2D eigenvalue weighted by Crippen LogP contribution is 2.26. The molecule has 8 heteroatoms. The lowest BCUT2D eigenvalue weighted by molar-refractivity contribution is -0.134. The molecular weight excluding hydrogens is 384 g/mol. The number of aromatic nitrogens is 1. The Hall–Kier alpha value is -4.12. The van der Waals surface area contributed by atoms with Gasteiger partial charge in [0.05, 0.1) is 12.3 Å². The number of aryl methyl sites for hydroxylation is 1. The molecule has 0 bridgehead atoms. The van der Waals surface area contributed by atoms with E-state index in [1.807, 2.05) is 36.4 Å². The van der Waals surface area contributed by atoms with Crippen molar-refractivity contribution in [2.75, 3.05) is 13.2 Å². The van der Waals surface area contributed by atoms with Gasteiger partial charge in [-0.25, -0.2) is 9.80 Å². The second-order valence-electron chi connectivity index (χ2n) is 6.67. The summed E-state index contributed by atoms with van der Waals surface area (Å²) < 4.78 is 12.4. The standard InChI is InChI=1S/C22H18N4O4/c1-15-20(17(13-23)21(30-15)25-10-5-6-11-25)22(28)29-14-19(27)26-12-9-18(24-26)16-7-3-2-4-8-16/h2-8,10-11H,9,12,14H2,1H3. The van der Waals surface area contributed by atoms with Crippen LogP contribution in [0.2, 0.25) is 0 Å². The summed E-state index contributed by atoms with van der Waals surface area (Å²) >= 11 is 0. The predicted octanol–water partition coefficient (Wildman–Crippen LogP) is 3.04. The van der Waals surface area contributed by atoms with Crippen LogP contribution >= 0.6 is 0 Å². The van der Waals surface area contributed by atoms with Crippen molar-refractivity contribution in [2.24, 2.45) is 5.10 Å². The Morgan fingerprint density at radius 1 is 1.20 bits per heavy atom. The lowest BCUT2D eigenvalue weighted by atomic mass is 10.1. The van der Waals surface area contributed by atoms with Crippen molar-refractivity contribution in [2.45, 2.75) is 13.3 Å². The van der Waals surface area contributed by atoms with Crippen LogP contribution in [0.3, 0.4) is 0 Å². The fourth-order valence-electron chi connectivity index (χ4n) is 3.28. The van der Waals surface area contributed by atoms with Crippen LogP contribution in [-0.4, -0.2) is 40.3 Å². The number of hydrogen-bond donors (Lipinski definition) is 0. The molecular formula is C22H18N4O4. The molecule has 3 heterocycles. The lowest BCUT2D eigenvalue weighted by Crippen LogP contribution is -2.29. The fraction of sp³-hybridized carbons (Fsp3) is 0.182. The molecule has 4 rings (SSSR count). The third-order valence-corrected chi connectivity index (χ3v) is 4.74. The third-order valence-electron chi connectivity index (χ3n) is 4.74. The minimum Gasteiger partial charge on any atom is -0.452 e. The van der Waals surface area contributed by atoms with E-state index in [4.69, 9.17) is 9.15 Å². The smallest absolute Gasteiger partial charge is 0.343 e. The van der Waals surface area contributed by atoms with Crippen LogP contribution in [0, 0.1) is 18.3 Å². The van der Waals surface area contributed by atoms with Gasteiger partial charge < -0.3 is 9.15 Å². The molecule has 1 amide bonds. The molecule has 0 saturated carbocycles. The number of hydrazone groups is 1. The van der Waals surface area contributed by atoms with Gasteiger partial charge in [0.25, 0.3) is 5.91 Å². The van der Waals surface area contributed by atoms with Crippen LogP contribution < -0.4 is 0 Å². The van der Waals surface area contributed by atoms with Crippen molar-refractivity contribution in [1.29, 1.82) is 5.26 Å². The summed E-state index contributed by atoms with van der Waals surface area (Å²) in [5.74, 6) is -0.737. The van der Waals surface area contributed by atoms with Crippen molar-refractivity contribution < 1.29 is 18.7 Å². The maximum atomic E-state index is 12.6. The molecule has 1 aliphatic rings. The van der Waals surface area contributed by atoms with E-state index < -0.39 is 18.5 Å². The van der Waals surface area contributed by atoms with E-state index in [1.165, 1.54) is 5.01 Å². The summed E-state index contributed by atoms with van der Waals surface area (Å²) in [5.41, 5.74) is 1.84. The van der Waals surface area contributed by atoms with Crippen molar-refractivity contribution in [3.63, 3.8) is 0 Å². The lowest BCUT2D eigenvalue weighted by Gasteiger charge is -2.11. The molecule has 0 saturated heterocycles. The van der Waals surface area contributed by atoms with Gasteiger partial charge in [-0.1, -0.05) is 30.3 Å². The van der Waals surface area contributed by atoms with Gasteiger partial charge in [-0.2, -0.15) is 10.4 Å². The van der Waals surface area contributed by atoms with Crippen LogP contribution in [0.1, 0.15) is 33.7 Å². The van der Waals surface area contributed by atoms with E-state index in [-0.39, 0.29) is 22.8 Å². The average Bonchev–Trinajstić information content (AvgIpc) is 3.51. The number of furan rings is 1. The van der Waals surface area contributed by atoms with Crippen molar-refractivity contribution in [3.8, 4) is 12.0 Å². The van der Waals surface area contributed by atoms with E-state index in [0.717, 1.165) is 11.3 Å². The van der Waals surface area contributed by atoms with Gasteiger partial charge in [0.15, 0.2) is 6.61 Å². The molecule has 2 aromatic heterocycles. The quantitative estimate of drug-likeness (QED) is 0.611. The van der Waals surface area contributed by atoms with E-state index >= 15 is 0 Å². The number of hydrogen-bond acceptors (Lipinski definition) is 6. The van der Waals surface area contributed by atoms with Gasteiger partial charge in [-0.15, -0.1) is 0 Å². The Morgan fingerprint density at radius 2 is 1.93 bits per heavy atom. The first kappa shape index (κ1) is 19.2. The van der Waals surface area contributed by atoms with Gasteiger partial charge in [0.2, 0.25) is 5.88 Å². The molecule has 0 atom stereocenters. The Bertz CT molecular complexity index is 1150. The zero-order valence-corrected chi connectivity index (χ0v) is 16.2. The van der Waals surface area contributed by atoms with Crippen molar-refractivity contribution >= 4 is 17.6 Å². The van der Waals surface area contributed by atoms with E-state index in [9.17, 15) is 14.9 Å². The second kappa shape index (κ2) is 8.09. The first-order valence-electron chi connectivity index (χ1n) is 9.35. The number of ether oxygens (including phenoxy) is 1. The molecule has 0 aliphatic carbocycles. The van der Waals surface area contributed by atoms with E-state index in [2.05, 4.69) is 5.10 Å². The highest BCUT2D eigenvalue weighted by molar-refractivity contribution is 6.03. The Kier molecular flexibility index (Phi) is 5.18. The first-order valence-corrected chi connectivity index (χ1v) is 9.35. The normalized spacial score (nSPS) is 13.1. The molecule has 0 spiro atoms. The van der Waals surface area contributed by atoms with Gasteiger partial charge in [-0.3, -0.25) is 9.36 Å².